The van der Waals surface area contributed by atoms with Crippen LogP contribution in [0.1, 0.15) is 48.6 Å². The highest BCUT2D eigenvalue weighted by Gasteiger charge is 2.27. The van der Waals surface area contributed by atoms with Crippen LogP contribution < -0.4 is 0 Å². The molecule has 0 radical (unpaired) electrons. The highest BCUT2D eigenvalue weighted by molar-refractivity contribution is 6.35. The molecule has 0 aliphatic heterocycles. The van der Waals surface area contributed by atoms with E-state index in [1.807, 2.05) is 0 Å². The van der Waals surface area contributed by atoms with Crippen molar-refractivity contribution in [1.82, 2.24) is 0 Å². The fourth-order valence-corrected chi connectivity index (χ4v) is 4.41. The Labute approximate surface area is 209 Å². The Morgan fingerprint density at radius 3 is 1.33 bits per heavy atom. The van der Waals surface area contributed by atoms with E-state index < -0.39 is 61.4 Å². The van der Waals surface area contributed by atoms with Gasteiger partial charge >= 0.3 is 23.9 Å². The topological polar surface area (TPSA) is 118 Å². The summed E-state index contributed by atoms with van der Waals surface area (Å²) in [6, 6.07) is 8.82. The minimum absolute atomic E-state index is 0.173. The first-order valence-corrected chi connectivity index (χ1v) is 11.0. The Balaban J connectivity index is 2.13. The Kier molecular flexibility index (Phi) is 9.98. The summed E-state index contributed by atoms with van der Waals surface area (Å²) < 4.78 is 4.84. The van der Waals surface area contributed by atoms with Crippen LogP contribution in [0.2, 0.25) is 20.1 Å². The second-order valence-corrected chi connectivity index (χ2v) is 8.86. The lowest BCUT2D eigenvalue weighted by molar-refractivity contribution is -0.160. The molecule has 11 heteroatoms. The minimum Gasteiger partial charge on any atom is -0.481 e. The Bertz CT molecular complexity index is 987. The van der Waals surface area contributed by atoms with E-state index >= 15 is 0 Å². The number of carboxylic acids is 2. The van der Waals surface area contributed by atoms with Gasteiger partial charge in [0.05, 0.1) is 25.7 Å². The number of carbonyl (C=O) groups excluding carboxylic acids is 2. The molecule has 0 aromatic heterocycles. The fraction of sp³-hybridized carbons (Fsp3) is 0.273. The third-order valence-corrected chi connectivity index (χ3v) is 5.83. The minimum atomic E-state index is -1.18. The summed E-state index contributed by atoms with van der Waals surface area (Å²) in [5, 5.41) is 19.4. The Morgan fingerprint density at radius 2 is 1.03 bits per heavy atom. The maximum Gasteiger partial charge on any atom is 0.314 e. The van der Waals surface area contributed by atoms with E-state index in [4.69, 9.17) is 51.1 Å². The molecule has 0 spiro atoms. The summed E-state index contributed by atoms with van der Waals surface area (Å²) in [7, 11) is 0. The van der Waals surface area contributed by atoms with Crippen LogP contribution >= 0.6 is 46.4 Å². The van der Waals surface area contributed by atoms with Crippen molar-refractivity contribution in [2.45, 2.75) is 37.5 Å². The van der Waals surface area contributed by atoms with Crippen molar-refractivity contribution in [2.24, 2.45) is 0 Å². The van der Waals surface area contributed by atoms with E-state index in [0.717, 1.165) is 0 Å². The molecule has 0 fully saturated rings. The van der Waals surface area contributed by atoms with Crippen molar-refractivity contribution in [3.63, 3.8) is 0 Å². The second-order valence-electron chi connectivity index (χ2n) is 7.18. The molecule has 2 rings (SSSR count). The molecule has 2 unspecified atom stereocenters. The number of ether oxygens (including phenoxy) is 1. The van der Waals surface area contributed by atoms with Gasteiger partial charge in [0.1, 0.15) is 0 Å². The second kappa shape index (κ2) is 12.2. The van der Waals surface area contributed by atoms with Gasteiger partial charge in [-0.25, -0.2) is 0 Å². The molecular weight excluding hydrogens is 518 g/mol. The van der Waals surface area contributed by atoms with Gasteiger partial charge in [0.15, 0.2) is 0 Å². The molecule has 0 saturated carbocycles. The zero-order chi connectivity index (χ0) is 24.7. The van der Waals surface area contributed by atoms with Crippen LogP contribution in [0, 0.1) is 0 Å². The Morgan fingerprint density at radius 1 is 0.667 bits per heavy atom. The summed E-state index contributed by atoms with van der Waals surface area (Å²) in [5.74, 6) is -6.05. The standard InChI is InChI=1S/C22H18Cl4O7/c23-13-1-3-15(17(25)9-13)11(5-19(27)28)7-21(31)33-22(32)8-12(6-20(29)30)16-4-2-14(24)10-18(16)26/h1-4,9-12H,5-8H2,(H,27,28)(H,29,30). The number of rotatable bonds is 10. The number of hydrogen-bond acceptors (Lipinski definition) is 5. The van der Waals surface area contributed by atoms with Crippen LogP contribution in [0.3, 0.4) is 0 Å². The molecule has 2 atom stereocenters. The lowest BCUT2D eigenvalue weighted by Crippen LogP contribution is -2.20. The van der Waals surface area contributed by atoms with Crippen molar-refractivity contribution >= 4 is 70.3 Å². The lowest BCUT2D eigenvalue weighted by Gasteiger charge is -2.18. The van der Waals surface area contributed by atoms with Crippen molar-refractivity contribution in [3.8, 4) is 0 Å². The van der Waals surface area contributed by atoms with Crippen molar-refractivity contribution in [2.75, 3.05) is 0 Å². The summed E-state index contributed by atoms with van der Waals surface area (Å²) >= 11 is 24.0. The summed E-state index contributed by atoms with van der Waals surface area (Å²) in [4.78, 5) is 47.3. The molecule has 33 heavy (non-hydrogen) atoms. The first-order valence-electron chi connectivity index (χ1n) is 9.53. The van der Waals surface area contributed by atoms with Gasteiger partial charge in [-0.3, -0.25) is 19.2 Å². The van der Waals surface area contributed by atoms with Crippen LogP contribution in [0.5, 0.6) is 0 Å². The number of carbonyl (C=O) groups is 4. The maximum atomic E-state index is 12.4. The highest BCUT2D eigenvalue weighted by atomic mass is 35.5. The summed E-state index contributed by atoms with van der Waals surface area (Å²) in [6.45, 7) is 0. The number of esters is 2. The van der Waals surface area contributed by atoms with E-state index in [-0.39, 0.29) is 10.0 Å². The molecular formula is C22H18Cl4O7. The van der Waals surface area contributed by atoms with Gasteiger partial charge in [-0.2, -0.15) is 0 Å². The average molecular weight is 536 g/mol. The third kappa shape index (κ3) is 8.51. The number of hydrogen-bond donors (Lipinski definition) is 2. The van der Waals surface area contributed by atoms with Crippen LogP contribution in [0.4, 0.5) is 0 Å². The molecule has 0 aliphatic rings. The largest absolute Gasteiger partial charge is 0.481 e. The van der Waals surface area contributed by atoms with Gasteiger partial charge in [-0.15, -0.1) is 0 Å². The molecule has 0 bridgehead atoms. The van der Waals surface area contributed by atoms with Gasteiger partial charge in [-0.1, -0.05) is 58.5 Å². The number of carboxylic acid groups (broad SMARTS) is 2. The molecule has 0 aliphatic carbocycles. The molecule has 0 saturated heterocycles. The molecule has 7 nitrogen and oxygen atoms in total. The highest BCUT2D eigenvalue weighted by Crippen LogP contribution is 2.34. The Hall–Kier alpha value is -2.32. The SMILES string of the molecule is O=C(O)CC(CC(=O)OC(=O)CC(CC(=O)O)c1ccc(Cl)cc1Cl)c1ccc(Cl)cc1Cl. The van der Waals surface area contributed by atoms with Crippen LogP contribution in [0.15, 0.2) is 36.4 Å². The zero-order valence-electron chi connectivity index (χ0n) is 16.9. The van der Waals surface area contributed by atoms with Crippen LogP contribution in [-0.2, 0) is 23.9 Å². The normalized spacial score (nSPS) is 12.6. The van der Waals surface area contributed by atoms with E-state index in [9.17, 15) is 29.4 Å². The van der Waals surface area contributed by atoms with E-state index in [1.165, 1.54) is 36.4 Å². The molecule has 176 valence electrons. The van der Waals surface area contributed by atoms with Gasteiger partial charge in [0, 0.05) is 31.9 Å². The third-order valence-electron chi connectivity index (χ3n) is 4.70. The van der Waals surface area contributed by atoms with Gasteiger partial charge in [0.25, 0.3) is 0 Å². The van der Waals surface area contributed by atoms with Crippen molar-refractivity contribution < 1.29 is 34.1 Å². The maximum absolute atomic E-state index is 12.4. The van der Waals surface area contributed by atoms with Crippen LogP contribution in [0.25, 0.3) is 0 Å². The predicted octanol–water partition coefficient (Wildman–Crippen LogP) is 5.97. The van der Waals surface area contributed by atoms with Gasteiger partial charge in [0.2, 0.25) is 0 Å². The zero-order valence-corrected chi connectivity index (χ0v) is 19.9. The van der Waals surface area contributed by atoms with Crippen molar-refractivity contribution in [1.29, 1.82) is 0 Å². The molecule has 0 amide bonds. The smallest absolute Gasteiger partial charge is 0.314 e. The lowest BCUT2D eigenvalue weighted by atomic mass is 9.92. The quantitative estimate of drug-likeness (QED) is 0.284. The van der Waals surface area contributed by atoms with Gasteiger partial charge in [-0.05, 0) is 35.4 Å². The number of benzene rings is 2. The molecule has 2 N–H and O–H groups in total. The van der Waals surface area contributed by atoms with Crippen molar-refractivity contribution in [3.05, 3.63) is 67.6 Å². The summed E-state index contributed by atoms with van der Waals surface area (Å²) in [6.07, 6.45) is -1.76. The molecule has 0 heterocycles. The first kappa shape index (κ1) is 26.9. The first-order chi connectivity index (χ1) is 15.5. The monoisotopic (exact) mass is 534 g/mol. The van der Waals surface area contributed by atoms with Gasteiger partial charge < -0.3 is 14.9 Å². The van der Waals surface area contributed by atoms with E-state index in [0.29, 0.717) is 21.2 Å². The molecule has 2 aromatic rings. The average Bonchev–Trinajstić information content (AvgIpc) is 2.66. The molecule has 2 aromatic carbocycles. The van der Waals surface area contributed by atoms with Crippen LogP contribution in [-0.4, -0.2) is 34.1 Å². The predicted molar refractivity (Wildman–Crippen MR) is 123 cm³/mol. The number of aliphatic carboxylic acids is 2. The van der Waals surface area contributed by atoms with E-state index in [1.54, 1.807) is 0 Å². The fourth-order valence-electron chi connectivity index (χ4n) is 3.28. The number of halogens is 4. The summed E-state index contributed by atoms with van der Waals surface area (Å²) in [5.41, 5.74) is 0.731. The van der Waals surface area contributed by atoms with E-state index in [2.05, 4.69) is 0 Å².